The highest BCUT2D eigenvalue weighted by Crippen LogP contribution is 2.60. The molecular weight excluding hydrogens is 324 g/mol. The fourth-order valence-electron chi connectivity index (χ4n) is 3.32. The van der Waals surface area contributed by atoms with E-state index in [1.165, 1.54) is 5.56 Å². The highest BCUT2D eigenvalue weighted by molar-refractivity contribution is 6.31. The normalized spacial score (nSPS) is 25.6. The minimum absolute atomic E-state index is 0.211. The first kappa shape index (κ1) is 15.5. The van der Waals surface area contributed by atoms with E-state index in [1.807, 2.05) is 43.4 Å². The summed E-state index contributed by atoms with van der Waals surface area (Å²) < 4.78 is 6.38. The van der Waals surface area contributed by atoms with Gasteiger partial charge in [-0.05, 0) is 30.8 Å². The summed E-state index contributed by atoms with van der Waals surface area (Å²) in [6.45, 7) is 1.30. The molecule has 2 unspecified atom stereocenters. The first-order valence-electron chi connectivity index (χ1n) is 8.13. The topological polar surface area (TPSA) is 42.8 Å². The van der Waals surface area contributed by atoms with E-state index in [-0.39, 0.29) is 11.5 Å². The summed E-state index contributed by atoms with van der Waals surface area (Å²) in [6, 6.07) is 16.0. The standard InChI is InChI=1S/C19H19ClN2O2/c1-21-9-10-23-22-18-15-8-7-14(20)11-17(15)24-19(12-16(18)19)13-5-3-2-4-6-13/h2-8,11,16,21H,9-10,12H2,1H3. The molecule has 2 aromatic rings. The summed E-state index contributed by atoms with van der Waals surface area (Å²) in [4.78, 5) is 5.52. The van der Waals surface area contributed by atoms with Crippen LogP contribution >= 0.6 is 11.6 Å². The number of ether oxygens (including phenoxy) is 1. The summed E-state index contributed by atoms with van der Waals surface area (Å²) in [7, 11) is 1.89. The molecule has 0 bridgehead atoms. The SMILES string of the molecule is CNCCON=C1c2ccc(Cl)cc2OC2(c3ccccc3)CC12. The Morgan fingerprint density at radius 1 is 1.29 bits per heavy atom. The van der Waals surface area contributed by atoms with Crippen LogP contribution in [-0.4, -0.2) is 25.9 Å². The van der Waals surface area contributed by atoms with Gasteiger partial charge in [0, 0.05) is 23.6 Å². The Bertz CT molecular complexity index is 778. The second-order valence-electron chi connectivity index (χ2n) is 6.17. The van der Waals surface area contributed by atoms with Gasteiger partial charge in [-0.2, -0.15) is 0 Å². The summed E-state index contributed by atoms with van der Waals surface area (Å²) in [5.41, 5.74) is 2.75. The van der Waals surface area contributed by atoms with Gasteiger partial charge in [-0.1, -0.05) is 47.1 Å². The van der Waals surface area contributed by atoms with Crippen LogP contribution in [0.4, 0.5) is 0 Å². The van der Waals surface area contributed by atoms with E-state index in [9.17, 15) is 0 Å². The molecule has 2 aromatic carbocycles. The maximum atomic E-state index is 6.38. The molecular formula is C19H19ClN2O2. The molecule has 24 heavy (non-hydrogen) atoms. The molecule has 0 aromatic heterocycles. The van der Waals surface area contributed by atoms with Gasteiger partial charge in [0.15, 0.2) is 0 Å². The lowest BCUT2D eigenvalue weighted by Crippen LogP contribution is -2.28. The number of hydrogen-bond acceptors (Lipinski definition) is 4. The van der Waals surface area contributed by atoms with Crippen molar-refractivity contribution in [3.63, 3.8) is 0 Å². The molecule has 4 nitrogen and oxygen atoms in total. The third-order valence-electron chi connectivity index (χ3n) is 4.62. The number of rotatable bonds is 5. The molecule has 1 aliphatic carbocycles. The average Bonchev–Trinajstić information content (AvgIpc) is 3.34. The number of benzene rings is 2. The van der Waals surface area contributed by atoms with Crippen molar-refractivity contribution in [3.05, 3.63) is 64.7 Å². The van der Waals surface area contributed by atoms with Gasteiger partial charge in [0.1, 0.15) is 18.0 Å². The van der Waals surface area contributed by atoms with Crippen LogP contribution in [0.25, 0.3) is 0 Å². The highest BCUT2D eigenvalue weighted by atomic mass is 35.5. The quantitative estimate of drug-likeness (QED) is 0.667. The van der Waals surface area contributed by atoms with Crippen LogP contribution in [0.1, 0.15) is 17.5 Å². The van der Waals surface area contributed by atoms with Crippen LogP contribution in [0.2, 0.25) is 5.02 Å². The fraction of sp³-hybridized carbons (Fsp3) is 0.316. The summed E-state index contributed by atoms with van der Waals surface area (Å²) >= 11 is 6.16. The average molecular weight is 343 g/mol. The molecule has 1 N–H and O–H groups in total. The molecule has 4 rings (SSSR count). The molecule has 124 valence electrons. The van der Waals surface area contributed by atoms with E-state index in [4.69, 9.17) is 21.2 Å². The molecule has 5 heteroatoms. The number of oxime groups is 1. The smallest absolute Gasteiger partial charge is 0.143 e. The zero-order valence-electron chi connectivity index (χ0n) is 13.5. The third kappa shape index (κ3) is 2.56. The number of fused-ring (bicyclic) bond motifs is 2. The molecule has 1 saturated carbocycles. The molecule has 2 aliphatic rings. The number of nitrogens with zero attached hydrogens (tertiary/aromatic N) is 1. The van der Waals surface area contributed by atoms with Crippen LogP contribution < -0.4 is 10.1 Å². The minimum atomic E-state index is -0.343. The Morgan fingerprint density at radius 2 is 2.12 bits per heavy atom. The lowest BCUT2D eigenvalue weighted by atomic mass is 9.96. The molecule has 0 spiro atoms. The van der Waals surface area contributed by atoms with Gasteiger partial charge >= 0.3 is 0 Å². The summed E-state index contributed by atoms with van der Waals surface area (Å²) in [6.07, 6.45) is 0.900. The Hall–Kier alpha value is -2.04. The molecule has 1 aliphatic heterocycles. The van der Waals surface area contributed by atoms with Crippen LogP contribution in [0.5, 0.6) is 5.75 Å². The van der Waals surface area contributed by atoms with Crippen molar-refractivity contribution in [2.45, 2.75) is 12.0 Å². The van der Waals surface area contributed by atoms with Crippen molar-refractivity contribution in [1.29, 1.82) is 0 Å². The Labute approximate surface area is 146 Å². The fourth-order valence-corrected chi connectivity index (χ4v) is 3.49. The predicted molar refractivity (Wildman–Crippen MR) is 94.7 cm³/mol. The van der Waals surface area contributed by atoms with Gasteiger partial charge in [0.25, 0.3) is 0 Å². The lowest BCUT2D eigenvalue weighted by molar-refractivity contribution is 0.139. The van der Waals surface area contributed by atoms with E-state index < -0.39 is 0 Å². The highest BCUT2D eigenvalue weighted by Gasteiger charge is 2.64. The number of hydrogen-bond donors (Lipinski definition) is 1. The van der Waals surface area contributed by atoms with E-state index in [0.717, 1.165) is 30.0 Å². The van der Waals surface area contributed by atoms with Crippen molar-refractivity contribution in [2.24, 2.45) is 11.1 Å². The van der Waals surface area contributed by atoms with E-state index in [2.05, 4.69) is 22.6 Å². The maximum Gasteiger partial charge on any atom is 0.143 e. The van der Waals surface area contributed by atoms with Gasteiger partial charge < -0.3 is 14.9 Å². The Kier molecular flexibility index (Phi) is 3.94. The second kappa shape index (κ2) is 6.11. The molecule has 0 saturated heterocycles. The Balaban J connectivity index is 1.72. The number of nitrogens with one attached hydrogen (secondary N) is 1. The van der Waals surface area contributed by atoms with Crippen molar-refractivity contribution in [1.82, 2.24) is 5.32 Å². The molecule has 1 fully saturated rings. The van der Waals surface area contributed by atoms with Crippen LogP contribution in [0.3, 0.4) is 0 Å². The largest absolute Gasteiger partial charge is 0.481 e. The second-order valence-corrected chi connectivity index (χ2v) is 6.60. The lowest BCUT2D eigenvalue weighted by Gasteiger charge is -2.27. The van der Waals surface area contributed by atoms with Crippen molar-refractivity contribution >= 4 is 17.3 Å². The van der Waals surface area contributed by atoms with E-state index >= 15 is 0 Å². The molecule has 2 atom stereocenters. The van der Waals surface area contributed by atoms with Gasteiger partial charge in [0.2, 0.25) is 0 Å². The van der Waals surface area contributed by atoms with Crippen molar-refractivity contribution in [2.75, 3.05) is 20.2 Å². The van der Waals surface area contributed by atoms with Gasteiger partial charge in [0.05, 0.1) is 11.6 Å². The van der Waals surface area contributed by atoms with Gasteiger partial charge in [-0.25, -0.2) is 0 Å². The first-order chi connectivity index (χ1) is 11.7. The monoisotopic (exact) mass is 342 g/mol. The van der Waals surface area contributed by atoms with Crippen LogP contribution in [0.15, 0.2) is 53.7 Å². The van der Waals surface area contributed by atoms with Crippen molar-refractivity contribution in [3.8, 4) is 5.75 Å². The van der Waals surface area contributed by atoms with Crippen LogP contribution in [0, 0.1) is 5.92 Å². The first-order valence-corrected chi connectivity index (χ1v) is 8.51. The van der Waals surface area contributed by atoms with Gasteiger partial charge in [-0.3, -0.25) is 0 Å². The molecule has 0 radical (unpaired) electrons. The third-order valence-corrected chi connectivity index (χ3v) is 4.86. The molecule has 1 heterocycles. The number of likely N-dealkylation sites (N-methyl/N-ethyl adjacent to an activating group) is 1. The maximum absolute atomic E-state index is 6.38. The minimum Gasteiger partial charge on any atom is -0.481 e. The van der Waals surface area contributed by atoms with E-state index in [0.29, 0.717) is 11.6 Å². The zero-order chi connectivity index (χ0) is 16.6. The summed E-state index contributed by atoms with van der Waals surface area (Å²) in [5.74, 6) is 0.985. The van der Waals surface area contributed by atoms with E-state index in [1.54, 1.807) is 0 Å². The summed E-state index contributed by atoms with van der Waals surface area (Å²) in [5, 5.41) is 8.15. The zero-order valence-corrected chi connectivity index (χ0v) is 14.2. The van der Waals surface area contributed by atoms with Crippen molar-refractivity contribution < 1.29 is 9.57 Å². The molecule has 0 amide bonds. The van der Waals surface area contributed by atoms with Crippen LogP contribution in [-0.2, 0) is 10.4 Å². The van der Waals surface area contributed by atoms with Gasteiger partial charge in [-0.15, -0.1) is 0 Å². The predicted octanol–water partition coefficient (Wildman–Crippen LogP) is 3.59. The Morgan fingerprint density at radius 3 is 2.92 bits per heavy atom. The number of halogens is 1.